The summed E-state index contributed by atoms with van der Waals surface area (Å²) in [5, 5.41) is 0. The fourth-order valence-corrected chi connectivity index (χ4v) is 3.40. The molecule has 6 heteroatoms. The van der Waals surface area contributed by atoms with Crippen LogP contribution in [-0.4, -0.2) is 65.3 Å². The van der Waals surface area contributed by atoms with Crippen LogP contribution in [0.5, 0.6) is 0 Å². The van der Waals surface area contributed by atoms with Crippen molar-refractivity contribution >= 4 is 16.9 Å². The molecule has 2 aliphatic heterocycles. The first-order chi connectivity index (χ1) is 9.76. The Morgan fingerprint density at radius 1 is 1.30 bits per heavy atom. The number of hydrogen-bond donors (Lipinski definition) is 1. The number of morpholine rings is 1. The Bertz CT molecular complexity index is 627. The van der Waals surface area contributed by atoms with Gasteiger partial charge >= 0.3 is 0 Å². The van der Waals surface area contributed by atoms with Crippen molar-refractivity contribution in [1.82, 2.24) is 19.9 Å². The zero-order valence-electron chi connectivity index (χ0n) is 11.7. The molecule has 0 bridgehead atoms. The minimum absolute atomic E-state index is 0.0309. The average molecular weight is 273 g/mol. The third kappa shape index (κ3) is 1.87. The maximum Gasteiger partial charge on any atom is 0.156 e. The van der Waals surface area contributed by atoms with Crippen LogP contribution in [0.15, 0.2) is 18.6 Å². The van der Waals surface area contributed by atoms with E-state index in [0.29, 0.717) is 0 Å². The second-order valence-corrected chi connectivity index (χ2v) is 5.88. The maximum atomic E-state index is 6.11. The van der Waals surface area contributed by atoms with E-state index >= 15 is 0 Å². The van der Waals surface area contributed by atoms with Crippen molar-refractivity contribution in [3.05, 3.63) is 18.6 Å². The molecule has 1 unspecified atom stereocenters. The summed E-state index contributed by atoms with van der Waals surface area (Å²) < 4.78 is 6.11. The number of aromatic nitrogens is 3. The maximum absolute atomic E-state index is 6.11. The fourth-order valence-electron chi connectivity index (χ4n) is 3.40. The van der Waals surface area contributed by atoms with Gasteiger partial charge in [-0.3, -0.25) is 0 Å². The Hall–Kier alpha value is -1.66. The number of anilines is 1. The van der Waals surface area contributed by atoms with E-state index in [9.17, 15) is 0 Å². The number of hydrogen-bond acceptors (Lipinski definition) is 5. The molecular formula is C14H19N5O. The molecule has 2 aromatic rings. The smallest absolute Gasteiger partial charge is 0.156 e. The van der Waals surface area contributed by atoms with Crippen molar-refractivity contribution in [2.75, 3.05) is 44.7 Å². The van der Waals surface area contributed by atoms with E-state index in [2.05, 4.69) is 31.8 Å². The largest absolute Gasteiger partial charge is 0.370 e. The first-order valence-electron chi connectivity index (χ1n) is 7.11. The highest BCUT2D eigenvalue weighted by Crippen LogP contribution is 2.33. The number of ether oxygens (including phenoxy) is 1. The van der Waals surface area contributed by atoms with Gasteiger partial charge in [0.05, 0.1) is 17.7 Å². The van der Waals surface area contributed by atoms with Crippen molar-refractivity contribution in [2.45, 2.75) is 12.0 Å². The Balaban J connectivity index is 1.63. The molecule has 1 N–H and O–H groups in total. The van der Waals surface area contributed by atoms with Crippen molar-refractivity contribution in [2.24, 2.45) is 0 Å². The molecule has 0 radical (unpaired) electrons. The van der Waals surface area contributed by atoms with Crippen LogP contribution in [0.4, 0.5) is 5.82 Å². The van der Waals surface area contributed by atoms with Crippen molar-refractivity contribution < 1.29 is 4.74 Å². The summed E-state index contributed by atoms with van der Waals surface area (Å²) in [6, 6.07) is 1.98. The van der Waals surface area contributed by atoms with Gasteiger partial charge in [-0.05, 0) is 19.5 Å². The standard InChI is InChI=1S/C14H19N5O/c1-18-6-7-20-14(8-18)3-5-19(9-14)13-12-11(2-4-15-12)16-10-17-13/h2,4,10,15H,3,5-9H2,1H3. The summed E-state index contributed by atoms with van der Waals surface area (Å²) in [6.45, 7) is 4.74. The number of nitrogens with zero attached hydrogens (tertiary/aromatic N) is 4. The Labute approximate surface area is 117 Å². The van der Waals surface area contributed by atoms with Crippen LogP contribution in [0, 0.1) is 0 Å². The predicted molar refractivity (Wildman–Crippen MR) is 76.9 cm³/mol. The topological polar surface area (TPSA) is 57.3 Å². The van der Waals surface area contributed by atoms with E-state index in [-0.39, 0.29) is 5.60 Å². The van der Waals surface area contributed by atoms with Crippen LogP contribution in [0.3, 0.4) is 0 Å². The molecule has 0 aliphatic carbocycles. The summed E-state index contributed by atoms with van der Waals surface area (Å²) in [7, 11) is 2.17. The van der Waals surface area contributed by atoms with E-state index in [4.69, 9.17) is 4.74 Å². The highest BCUT2D eigenvalue weighted by atomic mass is 16.5. The van der Waals surface area contributed by atoms with Gasteiger partial charge in [0.2, 0.25) is 0 Å². The van der Waals surface area contributed by atoms with Crippen LogP contribution in [0.1, 0.15) is 6.42 Å². The van der Waals surface area contributed by atoms with E-state index in [1.54, 1.807) is 6.33 Å². The zero-order chi connectivity index (χ0) is 13.6. The quantitative estimate of drug-likeness (QED) is 0.835. The molecule has 2 aliphatic rings. The molecule has 1 atom stereocenters. The Morgan fingerprint density at radius 2 is 2.25 bits per heavy atom. The summed E-state index contributed by atoms with van der Waals surface area (Å²) >= 11 is 0. The second kappa shape index (κ2) is 4.43. The van der Waals surface area contributed by atoms with Crippen LogP contribution >= 0.6 is 0 Å². The van der Waals surface area contributed by atoms with Crippen molar-refractivity contribution in [1.29, 1.82) is 0 Å². The van der Waals surface area contributed by atoms with E-state index in [0.717, 1.165) is 56.1 Å². The second-order valence-electron chi connectivity index (χ2n) is 5.88. The van der Waals surface area contributed by atoms with Crippen molar-refractivity contribution in [3.8, 4) is 0 Å². The Kier molecular flexibility index (Phi) is 2.68. The van der Waals surface area contributed by atoms with E-state index < -0.39 is 0 Å². The summed E-state index contributed by atoms with van der Waals surface area (Å²) in [6.07, 6.45) is 4.62. The summed E-state index contributed by atoms with van der Waals surface area (Å²) in [5.74, 6) is 0.994. The first kappa shape index (κ1) is 12.1. The molecule has 0 saturated carbocycles. The third-order valence-electron chi connectivity index (χ3n) is 4.38. The van der Waals surface area contributed by atoms with Gasteiger partial charge in [0.15, 0.2) is 5.82 Å². The summed E-state index contributed by atoms with van der Waals surface area (Å²) in [5.41, 5.74) is 1.96. The van der Waals surface area contributed by atoms with Gasteiger partial charge in [0.1, 0.15) is 11.8 Å². The predicted octanol–water partition coefficient (Wildman–Crippen LogP) is 0.869. The highest BCUT2D eigenvalue weighted by molar-refractivity contribution is 5.86. The lowest BCUT2D eigenvalue weighted by Gasteiger charge is -2.38. The lowest BCUT2D eigenvalue weighted by Crippen LogP contribution is -2.52. The van der Waals surface area contributed by atoms with E-state index in [1.165, 1.54) is 0 Å². The molecule has 1 spiro atoms. The molecule has 0 aromatic carbocycles. The highest BCUT2D eigenvalue weighted by Gasteiger charge is 2.42. The molecule has 6 nitrogen and oxygen atoms in total. The van der Waals surface area contributed by atoms with Crippen LogP contribution in [0.25, 0.3) is 11.0 Å². The van der Waals surface area contributed by atoms with Gasteiger partial charge in [-0.1, -0.05) is 0 Å². The molecule has 2 fully saturated rings. The van der Waals surface area contributed by atoms with Gasteiger partial charge in [-0.2, -0.15) is 0 Å². The molecule has 0 amide bonds. The molecule has 20 heavy (non-hydrogen) atoms. The number of fused-ring (bicyclic) bond motifs is 1. The van der Waals surface area contributed by atoms with Gasteiger partial charge in [0.25, 0.3) is 0 Å². The van der Waals surface area contributed by atoms with Gasteiger partial charge in [-0.15, -0.1) is 0 Å². The molecule has 4 rings (SSSR count). The summed E-state index contributed by atoms with van der Waals surface area (Å²) in [4.78, 5) is 16.7. The van der Waals surface area contributed by atoms with Crippen LogP contribution < -0.4 is 4.90 Å². The molecule has 2 saturated heterocycles. The first-order valence-corrected chi connectivity index (χ1v) is 7.11. The normalized spacial score (nSPS) is 27.8. The lowest BCUT2D eigenvalue weighted by molar-refractivity contribution is -0.0885. The van der Waals surface area contributed by atoms with Crippen LogP contribution in [-0.2, 0) is 4.74 Å². The van der Waals surface area contributed by atoms with Gasteiger partial charge < -0.3 is 19.5 Å². The minimum Gasteiger partial charge on any atom is -0.370 e. The molecule has 4 heterocycles. The number of nitrogens with one attached hydrogen (secondary N) is 1. The SMILES string of the molecule is CN1CCOC2(CCN(c3ncnc4cc[nH]c34)C2)C1. The zero-order valence-corrected chi connectivity index (χ0v) is 11.7. The number of aromatic amines is 1. The number of rotatable bonds is 1. The minimum atomic E-state index is -0.0309. The number of likely N-dealkylation sites (N-methyl/N-ethyl adjacent to an activating group) is 1. The molecule has 106 valence electrons. The molecule has 2 aromatic heterocycles. The molecular weight excluding hydrogens is 254 g/mol. The van der Waals surface area contributed by atoms with Crippen LogP contribution in [0.2, 0.25) is 0 Å². The van der Waals surface area contributed by atoms with E-state index in [1.807, 2.05) is 12.3 Å². The lowest BCUT2D eigenvalue weighted by atomic mass is 10.0. The van der Waals surface area contributed by atoms with Gasteiger partial charge in [0, 0.05) is 32.4 Å². The monoisotopic (exact) mass is 273 g/mol. The van der Waals surface area contributed by atoms with Crippen molar-refractivity contribution in [3.63, 3.8) is 0 Å². The van der Waals surface area contributed by atoms with Gasteiger partial charge in [-0.25, -0.2) is 9.97 Å². The third-order valence-corrected chi connectivity index (χ3v) is 4.38. The Morgan fingerprint density at radius 3 is 3.15 bits per heavy atom. The average Bonchev–Trinajstić information content (AvgIpc) is 3.05. The number of H-pyrrole nitrogens is 1. The fraction of sp³-hybridized carbons (Fsp3) is 0.571.